The summed E-state index contributed by atoms with van der Waals surface area (Å²) in [5, 5.41) is 4.01. The number of fused-ring (bicyclic) bond motifs is 1. The van der Waals surface area contributed by atoms with Gasteiger partial charge in [0, 0.05) is 4.88 Å². The van der Waals surface area contributed by atoms with E-state index in [0.29, 0.717) is 11.7 Å². The first kappa shape index (κ1) is 11.9. The Kier molecular flexibility index (Phi) is 2.75. The standard InChI is InChI=1S/C13H17N3OS/c1-3-13(2,14)12-15-11(17-16-12)10-7-8-5-4-6-9(8)18-10/h7H,3-6,14H2,1-2H3. The summed E-state index contributed by atoms with van der Waals surface area (Å²) in [7, 11) is 0. The van der Waals surface area contributed by atoms with Crippen LogP contribution < -0.4 is 5.73 Å². The summed E-state index contributed by atoms with van der Waals surface area (Å²) in [4.78, 5) is 6.99. The highest BCUT2D eigenvalue weighted by atomic mass is 32.1. The van der Waals surface area contributed by atoms with E-state index >= 15 is 0 Å². The molecule has 0 aliphatic heterocycles. The van der Waals surface area contributed by atoms with E-state index in [1.807, 2.05) is 13.8 Å². The molecule has 1 unspecified atom stereocenters. The smallest absolute Gasteiger partial charge is 0.268 e. The monoisotopic (exact) mass is 263 g/mol. The average molecular weight is 263 g/mol. The van der Waals surface area contributed by atoms with Crippen LogP contribution in [0.25, 0.3) is 10.8 Å². The van der Waals surface area contributed by atoms with Crippen molar-refractivity contribution in [2.24, 2.45) is 5.73 Å². The Labute approximate surface area is 110 Å². The van der Waals surface area contributed by atoms with Gasteiger partial charge in [0.2, 0.25) is 0 Å². The molecule has 0 fully saturated rings. The van der Waals surface area contributed by atoms with Gasteiger partial charge in [-0.3, -0.25) is 0 Å². The summed E-state index contributed by atoms with van der Waals surface area (Å²) in [6, 6.07) is 2.18. The van der Waals surface area contributed by atoms with Crippen molar-refractivity contribution in [2.75, 3.05) is 0 Å². The van der Waals surface area contributed by atoms with E-state index in [1.54, 1.807) is 11.3 Å². The first-order valence-electron chi connectivity index (χ1n) is 6.35. The lowest BCUT2D eigenvalue weighted by atomic mass is 10.0. The third kappa shape index (κ3) is 1.87. The topological polar surface area (TPSA) is 64.9 Å². The van der Waals surface area contributed by atoms with Gasteiger partial charge in [-0.25, -0.2) is 0 Å². The minimum atomic E-state index is -0.512. The van der Waals surface area contributed by atoms with E-state index in [4.69, 9.17) is 10.3 Å². The molecule has 0 bridgehead atoms. The van der Waals surface area contributed by atoms with Crippen molar-refractivity contribution >= 4 is 11.3 Å². The van der Waals surface area contributed by atoms with Crippen molar-refractivity contribution < 1.29 is 4.52 Å². The van der Waals surface area contributed by atoms with Crippen LogP contribution in [0, 0.1) is 0 Å². The second-order valence-corrected chi connectivity index (χ2v) is 6.24. The number of aromatic nitrogens is 2. The molecule has 0 radical (unpaired) electrons. The molecule has 2 aromatic heterocycles. The summed E-state index contributed by atoms with van der Waals surface area (Å²) < 4.78 is 5.35. The van der Waals surface area contributed by atoms with E-state index in [1.165, 1.54) is 29.7 Å². The van der Waals surface area contributed by atoms with Crippen LogP contribution in [0.1, 0.15) is 43.0 Å². The molecular formula is C13H17N3OS. The lowest BCUT2D eigenvalue weighted by Gasteiger charge is -2.16. The molecular weight excluding hydrogens is 246 g/mol. The average Bonchev–Trinajstić information content (AvgIpc) is 3.02. The largest absolute Gasteiger partial charge is 0.333 e. The highest BCUT2D eigenvalue weighted by Crippen LogP contribution is 2.36. The summed E-state index contributed by atoms with van der Waals surface area (Å²) in [6.45, 7) is 3.95. The number of nitrogens with zero attached hydrogens (tertiary/aromatic N) is 2. The lowest BCUT2D eigenvalue weighted by Crippen LogP contribution is -2.33. The molecule has 0 amide bonds. The number of hydrogen-bond acceptors (Lipinski definition) is 5. The predicted octanol–water partition coefficient (Wildman–Crippen LogP) is 2.87. The van der Waals surface area contributed by atoms with Gasteiger partial charge in [0.1, 0.15) is 0 Å². The first-order valence-corrected chi connectivity index (χ1v) is 7.17. The Hall–Kier alpha value is -1.20. The molecule has 0 saturated heterocycles. The minimum absolute atomic E-state index is 0.512. The fraction of sp³-hybridized carbons (Fsp3) is 0.538. The zero-order valence-electron chi connectivity index (χ0n) is 10.7. The molecule has 0 aromatic carbocycles. The number of rotatable bonds is 3. The van der Waals surface area contributed by atoms with Crippen LogP contribution in [0.15, 0.2) is 10.6 Å². The molecule has 1 atom stereocenters. The molecule has 2 heterocycles. The van der Waals surface area contributed by atoms with E-state index in [9.17, 15) is 0 Å². The van der Waals surface area contributed by atoms with Gasteiger partial charge in [-0.1, -0.05) is 12.1 Å². The van der Waals surface area contributed by atoms with Crippen LogP contribution in [0.2, 0.25) is 0 Å². The van der Waals surface area contributed by atoms with E-state index < -0.39 is 5.54 Å². The van der Waals surface area contributed by atoms with E-state index in [-0.39, 0.29) is 0 Å². The normalized spacial score (nSPS) is 17.7. The van der Waals surface area contributed by atoms with E-state index in [2.05, 4.69) is 16.2 Å². The molecule has 1 aliphatic carbocycles. The molecule has 18 heavy (non-hydrogen) atoms. The van der Waals surface area contributed by atoms with Crippen molar-refractivity contribution in [1.82, 2.24) is 10.1 Å². The summed E-state index contributed by atoms with van der Waals surface area (Å²) in [6.07, 6.45) is 4.42. The zero-order valence-corrected chi connectivity index (χ0v) is 11.5. The Morgan fingerprint density at radius 3 is 3.06 bits per heavy atom. The van der Waals surface area contributed by atoms with Crippen LogP contribution in [0.4, 0.5) is 0 Å². The molecule has 96 valence electrons. The molecule has 0 spiro atoms. The second-order valence-electron chi connectivity index (χ2n) is 5.11. The first-order chi connectivity index (χ1) is 8.60. The highest BCUT2D eigenvalue weighted by molar-refractivity contribution is 7.15. The van der Waals surface area contributed by atoms with E-state index in [0.717, 1.165) is 11.3 Å². The van der Waals surface area contributed by atoms with Crippen LogP contribution in [-0.2, 0) is 18.4 Å². The Bertz CT molecular complexity index is 549. The van der Waals surface area contributed by atoms with Gasteiger partial charge < -0.3 is 10.3 Å². The fourth-order valence-electron chi connectivity index (χ4n) is 2.15. The molecule has 4 nitrogen and oxygen atoms in total. The van der Waals surface area contributed by atoms with Crippen molar-refractivity contribution in [3.63, 3.8) is 0 Å². The number of thiophene rings is 1. The van der Waals surface area contributed by atoms with Crippen molar-refractivity contribution in [3.05, 3.63) is 22.3 Å². The molecule has 5 heteroatoms. The highest BCUT2D eigenvalue weighted by Gasteiger charge is 2.26. The Morgan fingerprint density at radius 1 is 1.50 bits per heavy atom. The van der Waals surface area contributed by atoms with Crippen LogP contribution in [0.5, 0.6) is 0 Å². The zero-order chi connectivity index (χ0) is 12.8. The number of aryl methyl sites for hydroxylation is 2. The summed E-state index contributed by atoms with van der Waals surface area (Å²) >= 11 is 1.77. The van der Waals surface area contributed by atoms with Crippen molar-refractivity contribution in [3.8, 4) is 10.8 Å². The number of nitrogens with two attached hydrogens (primary N) is 1. The summed E-state index contributed by atoms with van der Waals surface area (Å²) in [5.41, 5.74) is 7.05. The van der Waals surface area contributed by atoms with Gasteiger partial charge in [0.25, 0.3) is 5.89 Å². The maximum absolute atomic E-state index is 6.12. The van der Waals surface area contributed by atoms with Gasteiger partial charge in [0.05, 0.1) is 10.4 Å². The van der Waals surface area contributed by atoms with Gasteiger partial charge in [-0.05, 0) is 44.2 Å². The van der Waals surface area contributed by atoms with Crippen LogP contribution in [-0.4, -0.2) is 10.1 Å². The second kappa shape index (κ2) is 4.17. The molecule has 1 aliphatic rings. The molecule has 3 rings (SSSR count). The van der Waals surface area contributed by atoms with Crippen molar-refractivity contribution in [2.45, 2.75) is 45.1 Å². The lowest BCUT2D eigenvalue weighted by molar-refractivity contribution is 0.379. The molecule has 0 saturated carbocycles. The van der Waals surface area contributed by atoms with Gasteiger partial charge >= 0.3 is 0 Å². The van der Waals surface area contributed by atoms with Gasteiger partial charge in [0.15, 0.2) is 5.82 Å². The maximum atomic E-state index is 6.12. The SMILES string of the molecule is CCC(C)(N)c1noc(-c2cc3c(s2)CCC3)n1. The third-order valence-electron chi connectivity index (χ3n) is 3.63. The minimum Gasteiger partial charge on any atom is -0.333 e. The van der Waals surface area contributed by atoms with Crippen LogP contribution in [0.3, 0.4) is 0 Å². The summed E-state index contributed by atoms with van der Waals surface area (Å²) in [5.74, 6) is 1.20. The van der Waals surface area contributed by atoms with Crippen LogP contribution >= 0.6 is 11.3 Å². The van der Waals surface area contributed by atoms with Crippen molar-refractivity contribution in [1.29, 1.82) is 0 Å². The molecule has 2 N–H and O–H groups in total. The third-order valence-corrected chi connectivity index (χ3v) is 4.85. The molecule has 2 aromatic rings. The predicted molar refractivity (Wildman–Crippen MR) is 71.5 cm³/mol. The Morgan fingerprint density at radius 2 is 2.33 bits per heavy atom. The quantitative estimate of drug-likeness (QED) is 0.924. The fourth-order valence-corrected chi connectivity index (χ4v) is 3.32. The van der Waals surface area contributed by atoms with Gasteiger partial charge in [-0.15, -0.1) is 11.3 Å². The van der Waals surface area contributed by atoms with Gasteiger partial charge in [-0.2, -0.15) is 4.98 Å². The Balaban J connectivity index is 1.93. The maximum Gasteiger partial charge on any atom is 0.268 e. The number of hydrogen-bond donors (Lipinski definition) is 1.